The van der Waals surface area contributed by atoms with E-state index in [1.807, 2.05) is 42.5 Å². The van der Waals surface area contributed by atoms with Gasteiger partial charge >= 0.3 is 12.1 Å². The summed E-state index contributed by atoms with van der Waals surface area (Å²) in [7, 11) is 0. The molecule has 2 N–H and O–H groups in total. The first-order valence-electron chi connectivity index (χ1n) is 10.8. The van der Waals surface area contributed by atoms with Crippen LogP contribution in [-0.2, 0) is 22.4 Å². The van der Waals surface area contributed by atoms with Crippen LogP contribution in [0.3, 0.4) is 0 Å². The van der Waals surface area contributed by atoms with Crippen molar-refractivity contribution in [1.82, 2.24) is 5.32 Å². The Bertz CT molecular complexity index is 1050. The van der Waals surface area contributed by atoms with Crippen molar-refractivity contribution in [2.45, 2.75) is 45.3 Å². The molecule has 0 aliphatic heterocycles. The van der Waals surface area contributed by atoms with Crippen LogP contribution in [0.4, 0.5) is 4.79 Å². The number of carbonyl (C=O) groups excluding carboxylic acids is 1. The minimum Gasteiger partial charge on any atom is -0.480 e. The van der Waals surface area contributed by atoms with E-state index in [0.29, 0.717) is 5.75 Å². The van der Waals surface area contributed by atoms with Gasteiger partial charge in [0.1, 0.15) is 23.1 Å². The molecule has 0 aliphatic rings. The molecule has 0 fully saturated rings. The van der Waals surface area contributed by atoms with E-state index in [2.05, 4.69) is 17.4 Å². The van der Waals surface area contributed by atoms with Gasteiger partial charge in [0.05, 0.1) is 0 Å². The first-order chi connectivity index (χ1) is 15.7. The molecule has 0 saturated carbocycles. The second kappa shape index (κ2) is 10.7. The van der Waals surface area contributed by atoms with E-state index < -0.39 is 23.7 Å². The Balaban J connectivity index is 1.56. The van der Waals surface area contributed by atoms with E-state index >= 15 is 0 Å². The average Bonchev–Trinajstić information content (AvgIpc) is 2.75. The maximum Gasteiger partial charge on any atom is 0.408 e. The summed E-state index contributed by atoms with van der Waals surface area (Å²) in [5.41, 5.74) is 2.50. The molecule has 3 aromatic carbocycles. The van der Waals surface area contributed by atoms with Crippen molar-refractivity contribution in [3.8, 4) is 11.5 Å². The summed E-state index contributed by atoms with van der Waals surface area (Å²) in [6.45, 7) is 5.16. The first kappa shape index (κ1) is 23.9. The van der Waals surface area contributed by atoms with Crippen LogP contribution < -0.4 is 10.1 Å². The number of nitrogens with one attached hydrogen (secondary N) is 1. The molecule has 0 unspecified atom stereocenters. The van der Waals surface area contributed by atoms with Gasteiger partial charge in [0.25, 0.3) is 0 Å². The fraction of sp³-hybridized carbons (Fsp3) is 0.259. The van der Waals surface area contributed by atoms with Gasteiger partial charge in [0, 0.05) is 6.42 Å². The van der Waals surface area contributed by atoms with Gasteiger partial charge in [0.2, 0.25) is 0 Å². The second-order valence-corrected chi connectivity index (χ2v) is 8.79. The Morgan fingerprint density at radius 3 is 1.85 bits per heavy atom. The largest absolute Gasteiger partial charge is 0.480 e. The van der Waals surface area contributed by atoms with Crippen molar-refractivity contribution in [2.75, 3.05) is 0 Å². The zero-order chi connectivity index (χ0) is 23.8. The monoisotopic (exact) mass is 447 g/mol. The molecule has 0 aromatic heterocycles. The van der Waals surface area contributed by atoms with Crippen molar-refractivity contribution in [2.24, 2.45) is 0 Å². The molecule has 1 atom stereocenters. The van der Waals surface area contributed by atoms with Crippen molar-refractivity contribution in [1.29, 1.82) is 0 Å². The van der Waals surface area contributed by atoms with Gasteiger partial charge in [-0.3, -0.25) is 0 Å². The van der Waals surface area contributed by atoms with Crippen molar-refractivity contribution >= 4 is 12.1 Å². The Kier molecular flexibility index (Phi) is 7.72. The summed E-state index contributed by atoms with van der Waals surface area (Å²) in [5, 5.41) is 11.9. The highest BCUT2D eigenvalue weighted by molar-refractivity contribution is 5.80. The van der Waals surface area contributed by atoms with Crippen LogP contribution in [-0.4, -0.2) is 28.8 Å². The number of aliphatic carboxylic acids is 1. The summed E-state index contributed by atoms with van der Waals surface area (Å²) in [5.74, 6) is 0.230. The van der Waals surface area contributed by atoms with Gasteiger partial charge in [-0.05, 0) is 68.1 Å². The third-order valence-electron chi connectivity index (χ3n) is 4.76. The third kappa shape index (κ3) is 8.00. The summed E-state index contributed by atoms with van der Waals surface area (Å²) in [6.07, 6.45) is 0.228. The minimum absolute atomic E-state index is 0.128. The molecule has 0 heterocycles. The van der Waals surface area contributed by atoms with E-state index in [4.69, 9.17) is 9.47 Å². The van der Waals surface area contributed by atoms with Gasteiger partial charge in [-0.1, -0.05) is 54.6 Å². The van der Waals surface area contributed by atoms with Crippen LogP contribution in [0.5, 0.6) is 11.5 Å². The Labute approximate surface area is 194 Å². The molecule has 0 spiro atoms. The predicted octanol–water partition coefficient (Wildman–Crippen LogP) is 5.59. The van der Waals surface area contributed by atoms with Crippen LogP contribution in [0.25, 0.3) is 0 Å². The number of amides is 1. The number of benzene rings is 3. The van der Waals surface area contributed by atoms with Crippen LogP contribution >= 0.6 is 0 Å². The van der Waals surface area contributed by atoms with Gasteiger partial charge in [-0.2, -0.15) is 0 Å². The highest BCUT2D eigenvalue weighted by Gasteiger charge is 2.24. The molecule has 33 heavy (non-hydrogen) atoms. The molecule has 0 radical (unpaired) electrons. The summed E-state index contributed by atoms with van der Waals surface area (Å²) in [6, 6.07) is 24.2. The van der Waals surface area contributed by atoms with Crippen molar-refractivity contribution in [3.63, 3.8) is 0 Å². The van der Waals surface area contributed by atoms with Crippen LogP contribution in [0.1, 0.15) is 37.5 Å². The molecule has 6 nitrogen and oxygen atoms in total. The van der Waals surface area contributed by atoms with Crippen LogP contribution in [0, 0.1) is 0 Å². The maximum atomic E-state index is 11.9. The fourth-order valence-corrected chi connectivity index (χ4v) is 3.22. The van der Waals surface area contributed by atoms with Crippen LogP contribution in [0.2, 0.25) is 0 Å². The van der Waals surface area contributed by atoms with E-state index in [9.17, 15) is 14.7 Å². The van der Waals surface area contributed by atoms with E-state index in [1.54, 1.807) is 45.0 Å². The zero-order valence-electron chi connectivity index (χ0n) is 19.1. The second-order valence-electron chi connectivity index (χ2n) is 8.79. The number of rotatable bonds is 8. The Morgan fingerprint density at radius 1 is 0.818 bits per heavy atom. The molecule has 0 bridgehead atoms. The van der Waals surface area contributed by atoms with Gasteiger partial charge in [-0.25, -0.2) is 9.59 Å². The molecule has 6 heteroatoms. The molecule has 0 saturated heterocycles. The number of carboxylic acid groups (broad SMARTS) is 1. The van der Waals surface area contributed by atoms with Crippen molar-refractivity contribution in [3.05, 3.63) is 95.6 Å². The number of alkyl carbamates (subject to hydrolysis) is 1. The number of hydrogen-bond acceptors (Lipinski definition) is 4. The lowest BCUT2D eigenvalue weighted by Gasteiger charge is -2.22. The Morgan fingerprint density at radius 2 is 1.33 bits per heavy atom. The topological polar surface area (TPSA) is 84.9 Å². The smallest absolute Gasteiger partial charge is 0.408 e. The summed E-state index contributed by atoms with van der Waals surface area (Å²) < 4.78 is 11.1. The van der Waals surface area contributed by atoms with E-state index in [1.165, 1.54) is 11.1 Å². The molecular weight excluding hydrogens is 418 g/mol. The molecular formula is C27H29NO5. The number of hydrogen-bond donors (Lipinski definition) is 2. The van der Waals surface area contributed by atoms with Gasteiger partial charge < -0.3 is 19.9 Å². The van der Waals surface area contributed by atoms with E-state index in [-0.39, 0.29) is 6.42 Å². The highest BCUT2D eigenvalue weighted by atomic mass is 16.6. The molecule has 3 aromatic rings. The van der Waals surface area contributed by atoms with Crippen LogP contribution in [0.15, 0.2) is 78.9 Å². The average molecular weight is 448 g/mol. The van der Waals surface area contributed by atoms with Gasteiger partial charge in [0.15, 0.2) is 0 Å². The van der Waals surface area contributed by atoms with E-state index in [0.717, 1.165) is 17.7 Å². The zero-order valence-corrected chi connectivity index (χ0v) is 19.1. The number of ether oxygens (including phenoxy) is 2. The quantitative estimate of drug-likeness (QED) is 0.470. The van der Waals surface area contributed by atoms with Crippen molar-refractivity contribution < 1.29 is 24.2 Å². The fourth-order valence-electron chi connectivity index (χ4n) is 3.22. The standard InChI is InChI=1S/C27H29NO5/c1-27(2,3)33-26(31)28-24(25(29)30)18-21-11-15-23(16-12-21)32-22-13-9-20(10-14-22)17-19-7-5-4-6-8-19/h4-16,24H,17-18H2,1-3H3,(H,28,31)(H,29,30)/t24-/m0/s1. The summed E-state index contributed by atoms with van der Waals surface area (Å²) in [4.78, 5) is 23.5. The lowest BCUT2D eigenvalue weighted by Crippen LogP contribution is -2.44. The number of carbonyl (C=O) groups is 2. The first-order valence-corrected chi connectivity index (χ1v) is 10.8. The van der Waals surface area contributed by atoms with Gasteiger partial charge in [-0.15, -0.1) is 0 Å². The molecule has 172 valence electrons. The summed E-state index contributed by atoms with van der Waals surface area (Å²) >= 11 is 0. The SMILES string of the molecule is CC(C)(C)OC(=O)N[C@@H](Cc1ccc(Oc2ccc(Cc3ccccc3)cc2)cc1)C(=O)O. The lowest BCUT2D eigenvalue weighted by atomic mass is 10.1. The third-order valence-corrected chi connectivity index (χ3v) is 4.76. The number of carboxylic acids is 1. The normalized spacial score (nSPS) is 12.0. The molecule has 3 rings (SSSR count). The Hall–Kier alpha value is -3.80. The molecule has 0 aliphatic carbocycles. The minimum atomic E-state index is -1.13. The molecule has 1 amide bonds. The predicted molar refractivity (Wildman–Crippen MR) is 127 cm³/mol. The highest BCUT2D eigenvalue weighted by Crippen LogP contribution is 2.23. The lowest BCUT2D eigenvalue weighted by molar-refractivity contribution is -0.139. The maximum absolute atomic E-state index is 11.9.